The van der Waals surface area contributed by atoms with Crippen molar-refractivity contribution < 1.29 is 0 Å². The molecule has 3 saturated carbocycles. The summed E-state index contributed by atoms with van der Waals surface area (Å²) in [4.78, 5) is 2.96. The monoisotopic (exact) mass is 575 g/mol. The molecule has 222 valence electrons. The van der Waals surface area contributed by atoms with Gasteiger partial charge in [-0.3, -0.25) is 4.90 Å². The molecule has 4 aromatic carbocycles. The molecule has 2 aliphatic heterocycles. The summed E-state index contributed by atoms with van der Waals surface area (Å²) in [5.74, 6) is 4.50. The van der Waals surface area contributed by atoms with E-state index in [1.54, 1.807) is 0 Å². The largest absolute Gasteiger partial charge is 0.300 e. The Morgan fingerprint density at radius 3 is 1.77 bits per heavy atom. The second kappa shape index (κ2) is 10.5. The lowest BCUT2D eigenvalue weighted by atomic mass is 9.22. The first-order valence-corrected chi connectivity index (χ1v) is 17.7. The Morgan fingerprint density at radius 2 is 1.16 bits per heavy atom. The molecular weight excluding hydrogens is 529 g/mol. The fourth-order valence-electron chi connectivity index (χ4n) is 12.3. The van der Waals surface area contributed by atoms with Gasteiger partial charge in [-0.05, 0) is 96.9 Å². The molecule has 5 aliphatic rings. The topological polar surface area (TPSA) is 3.24 Å². The third-order valence-corrected chi connectivity index (χ3v) is 13.5. The van der Waals surface area contributed by atoms with Gasteiger partial charge in [0, 0.05) is 17.4 Å². The Balaban J connectivity index is 1.39. The SMILES string of the molecule is CC1CCC2C(C1)C1C(C3CCCCC3C1C(B1c3ccccc3-c3ccccc31)(c1ccccc1)c1ccccc1)N2C. The molecule has 44 heavy (non-hydrogen) atoms. The van der Waals surface area contributed by atoms with Gasteiger partial charge in [0.25, 0.3) is 0 Å². The molecule has 0 N–H and O–H groups in total. The highest BCUT2D eigenvalue weighted by Gasteiger charge is 2.68. The van der Waals surface area contributed by atoms with Crippen molar-refractivity contribution in [2.75, 3.05) is 7.05 Å². The normalized spacial score (nSPS) is 32.5. The lowest BCUT2D eigenvalue weighted by Gasteiger charge is -2.51. The zero-order valence-corrected chi connectivity index (χ0v) is 26.5. The standard InChI is InChI=1S/C42H46BN/c1-28-25-26-38-35(27-28)39-40(33-21-9-10-22-34(33)41(39)44(38)2)42(29-15-5-3-6-16-29,30-17-7-4-8-18-30)43-36-23-13-11-19-31(36)32-20-12-14-24-37(32)43/h3-8,11-20,23-24,28,33-35,38-41H,9-10,21-22,25-27H2,1-2H3. The molecule has 3 aliphatic carbocycles. The highest BCUT2D eigenvalue weighted by Crippen LogP contribution is 2.66. The van der Waals surface area contributed by atoms with E-state index in [-0.39, 0.29) is 12.0 Å². The van der Waals surface area contributed by atoms with E-state index in [9.17, 15) is 0 Å². The smallest absolute Gasteiger partial charge is 0.226 e. The summed E-state index contributed by atoms with van der Waals surface area (Å²) in [5.41, 5.74) is 9.05. The average Bonchev–Trinajstić information content (AvgIpc) is 3.70. The van der Waals surface area contributed by atoms with Crippen molar-refractivity contribution >= 4 is 17.6 Å². The average molecular weight is 576 g/mol. The van der Waals surface area contributed by atoms with E-state index >= 15 is 0 Å². The molecule has 2 heterocycles. The minimum absolute atomic E-state index is 0.151. The van der Waals surface area contributed by atoms with Crippen molar-refractivity contribution in [2.24, 2.45) is 35.5 Å². The summed E-state index contributed by atoms with van der Waals surface area (Å²) in [6.45, 7) is 2.84. The second-order valence-electron chi connectivity index (χ2n) is 15.2. The Morgan fingerprint density at radius 1 is 0.614 bits per heavy atom. The fraction of sp³-hybridized carbons (Fsp3) is 0.429. The summed E-state index contributed by atoms with van der Waals surface area (Å²) in [7, 11) is 2.54. The molecule has 4 fully saturated rings. The van der Waals surface area contributed by atoms with Crippen LogP contribution < -0.4 is 10.9 Å². The molecule has 1 saturated heterocycles. The molecule has 8 atom stereocenters. The van der Waals surface area contributed by atoms with Gasteiger partial charge >= 0.3 is 0 Å². The molecule has 0 amide bonds. The van der Waals surface area contributed by atoms with Gasteiger partial charge in [0.2, 0.25) is 6.71 Å². The van der Waals surface area contributed by atoms with Gasteiger partial charge in [0.15, 0.2) is 0 Å². The van der Waals surface area contributed by atoms with Crippen LogP contribution in [0.3, 0.4) is 0 Å². The van der Waals surface area contributed by atoms with Crippen LogP contribution in [-0.2, 0) is 5.31 Å². The van der Waals surface area contributed by atoms with E-state index in [0.717, 1.165) is 35.6 Å². The van der Waals surface area contributed by atoms with Gasteiger partial charge in [-0.15, -0.1) is 0 Å². The number of hydrogen-bond acceptors (Lipinski definition) is 1. The minimum atomic E-state index is -0.151. The second-order valence-corrected chi connectivity index (χ2v) is 15.2. The summed E-state index contributed by atoms with van der Waals surface area (Å²) in [5, 5.41) is -0.151. The van der Waals surface area contributed by atoms with Gasteiger partial charge in [-0.2, -0.15) is 0 Å². The predicted molar refractivity (Wildman–Crippen MR) is 185 cm³/mol. The van der Waals surface area contributed by atoms with Crippen LogP contribution in [-0.4, -0.2) is 30.7 Å². The van der Waals surface area contributed by atoms with Crippen LogP contribution in [0.15, 0.2) is 109 Å². The van der Waals surface area contributed by atoms with E-state index in [0.29, 0.717) is 12.0 Å². The molecule has 0 spiro atoms. The summed E-state index contributed by atoms with van der Waals surface area (Å²) in [6.07, 6.45) is 9.80. The van der Waals surface area contributed by atoms with Crippen molar-refractivity contribution in [3.8, 4) is 11.1 Å². The number of rotatable bonds is 4. The Labute approximate surface area is 265 Å². The molecule has 9 rings (SSSR count). The Kier molecular flexibility index (Phi) is 6.49. The van der Waals surface area contributed by atoms with Crippen LogP contribution in [0.4, 0.5) is 0 Å². The number of fused-ring (bicyclic) bond motifs is 8. The first-order chi connectivity index (χ1) is 21.7. The summed E-state index contributed by atoms with van der Waals surface area (Å²) in [6, 6.07) is 44.2. The highest BCUT2D eigenvalue weighted by molar-refractivity contribution is 6.92. The molecule has 0 bridgehead atoms. The molecule has 0 aromatic heterocycles. The molecule has 8 unspecified atom stereocenters. The van der Waals surface area contributed by atoms with Crippen molar-refractivity contribution in [1.29, 1.82) is 0 Å². The van der Waals surface area contributed by atoms with Gasteiger partial charge < -0.3 is 0 Å². The molecule has 0 radical (unpaired) electrons. The number of benzene rings is 4. The van der Waals surface area contributed by atoms with Crippen LogP contribution >= 0.6 is 0 Å². The van der Waals surface area contributed by atoms with Gasteiger partial charge in [-0.25, -0.2) is 0 Å². The van der Waals surface area contributed by atoms with Crippen molar-refractivity contribution in [3.63, 3.8) is 0 Å². The van der Waals surface area contributed by atoms with Crippen LogP contribution in [0.25, 0.3) is 11.1 Å². The zero-order valence-electron chi connectivity index (χ0n) is 26.5. The first-order valence-electron chi connectivity index (χ1n) is 17.7. The van der Waals surface area contributed by atoms with E-state index in [1.807, 2.05) is 0 Å². The lowest BCUT2D eigenvalue weighted by molar-refractivity contribution is 0.0846. The first kappa shape index (κ1) is 27.2. The highest BCUT2D eigenvalue weighted by atomic mass is 15.2. The molecule has 2 heteroatoms. The maximum Gasteiger partial charge on any atom is 0.226 e. The number of hydrogen-bond donors (Lipinski definition) is 0. The van der Waals surface area contributed by atoms with E-state index in [1.165, 1.54) is 78.1 Å². The van der Waals surface area contributed by atoms with Crippen molar-refractivity contribution in [3.05, 3.63) is 120 Å². The van der Waals surface area contributed by atoms with E-state index < -0.39 is 0 Å². The fourth-order valence-corrected chi connectivity index (χ4v) is 12.3. The molecule has 1 nitrogen and oxygen atoms in total. The van der Waals surface area contributed by atoms with E-state index in [2.05, 4.69) is 128 Å². The van der Waals surface area contributed by atoms with Crippen LogP contribution in [0.1, 0.15) is 63.0 Å². The van der Waals surface area contributed by atoms with Gasteiger partial charge in [-0.1, -0.05) is 140 Å². The van der Waals surface area contributed by atoms with Crippen LogP contribution in [0, 0.1) is 35.5 Å². The van der Waals surface area contributed by atoms with Crippen LogP contribution in [0.5, 0.6) is 0 Å². The van der Waals surface area contributed by atoms with Gasteiger partial charge in [0.1, 0.15) is 0 Å². The maximum atomic E-state index is 2.96. The third-order valence-electron chi connectivity index (χ3n) is 13.5. The van der Waals surface area contributed by atoms with Crippen molar-refractivity contribution in [2.45, 2.75) is 69.3 Å². The maximum absolute atomic E-state index is 2.96. The number of likely N-dealkylation sites (tertiary alicyclic amines) is 1. The molecular formula is C42H46BN. The van der Waals surface area contributed by atoms with Crippen LogP contribution in [0.2, 0.25) is 0 Å². The van der Waals surface area contributed by atoms with E-state index in [4.69, 9.17) is 0 Å². The Bertz CT molecular complexity index is 1560. The Hall–Kier alpha value is -3.10. The third kappa shape index (κ3) is 3.70. The van der Waals surface area contributed by atoms with Crippen molar-refractivity contribution in [1.82, 2.24) is 4.90 Å². The summed E-state index contributed by atoms with van der Waals surface area (Å²) >= 11 is 0. The zero-order chi connectivity index (χ0) is 29.4. The predicted octanol–water partition coefficient (Wildman–Crippen LogP) is 7.97. The number of nitrogens with zero attached hydrogens (tertiary/aromatic N) is 1. The quantitative estimate of drug-likeness (QED) is 0.223. The molecule has 4 aromatic rings. The lowest BCUT2D eigenvalue weighted by Crippen LogP contribution is -2.63. The summed E-state index contributed by atoms with van der Waals surface area (Å²) < 4.78 is 0. The minimum Gasteiger partial charge on any atom is -0.300 e. The van der Waals surface area contributed by atoms with Gasteiger partial charge in [0.05, 0.1) is 0 Å².